The highest BCUT2D eigenvalue weighted by Gasteiger charge is 2.13. The molecule has 2 aromatic carbocycles. The molecular weight excluding hydrogens is 332 g/mol. The number of nitrogens with one attached hydrogen (secondary N) is 2. The minimum Gasteiger partial charge on any atom is -0.313 e. The second-order valence-electron chi connectivity index (χ2n) is 5.20. The normalized spacial score (nSPS) is 11.6. The van der Waals surface area contributed by atoms with E-state index in [1.807, 2.05) is 31.2 Å². The van der Waals surface area contributed by atoms with Gasteiger partial charge in [-0.3, -0.25) is 0 Å². The molecule has 0 aliphatic carbocycles. The van der Waals surface area contributed by atoms with Gasteiger partial charge in [0.25, 0.3) is 0 Å². The molecule has 23 heavy (non-hydrogen) atoms. The van der Waals surface area contributed by atoms with Gasteiger partial charge in [-0.15, -0.1) is 0 Å². The third kappa shape index (κ3) is 5.62. The Bertz CT molecular complexity index is 713. The van der Waals surface area contributed by atoms with Crippen LogP contribution in [0.5, 0.6) is 0 Å². The van der Waals surface area contributed by atoms with Crippen molar-refractivity contribution in [3.63, 3.8) is 0 Å². The molecule has 0 spiro atoms. The molecule has 0 unspecified atom stereocenters. The molecule has 0 aromatic heterocycles. The second-order valence-corrected chi connectivity index (χ2v) is 7.40. The predicted molar refractivity (Wildman–Crippen MR) is 94.2 cm³/mol. The molecule has 0 amide bonds. The van der Waals surface area contributed by atoms with Crippen LogP contribution in [0.25, 0.3) is 0 Å². The third-order valence-electron chi connectivity index (χ3n) is 3.43. The molecule has 0 saturated carbocycles. The fourth-order valence-corrected chi connectivity index (χ4v) is 3.28. The molecule has 2 N–H and O–H groups in total. The summed E-state index contributed by atoms with van der Waals surface area (Å²) in [7, 11) is -3.47. The zero-order valence-corrected chi connectivity index (χ0v) is 14.6. The zero-order valence-electron chi connectivity index (χ0n) is 13.0. The van der Waals surface area contributed by atoms with Crippen molar-refractivity contribution in [1.82, 2.24) is 10.0 Å². The van der Waals surface area contributed by atoms with Crippen molar-refractivity contribution >= 4 is 21.6 Å². The van der Waals surface area contributed by atoms with Gasteiger partial charge in [0, 0.05) is 18.1 Å². The Morgan fingerprint density at radius 2 is 1.57 bits per heavy atom. The summed E-state index contributed by atoms with van der Waals surface area (Å²) in [6.45, 7) is 4.00. The molecular formula is C17H21ClN2O2S. The van der Waals surface area contributed by atoms with Crippen molar-refractivity contribution < 1.29 is 8.42 Å². The van der Waals surface area contributed by atoms with Gasteiger partial charge in [-0.25, -0.2) is 13.1 Å². The summed E-state index contributed by atoms with van der Waals surface area (Å²) in [5.74, 6) is 0. The van der Waals surface area contributed by atoms with E-state index >= 15 is 0 Å². The van der Waals surface area contributed by atoms with Gasteiger partial charge in [0.2, 0.25) is 10.0 Å². The van der Waals surface area contributed by atoms with Gasteiger partial charge < -0.3 is 5.32 Å². The van der Waals surface area contributed by atoms with Crippen LogP contribution in [0.15, 0.2) is 53.4 Å². The molecule has 0 radical (unpaired) electrons. The number of hydrogen-bond acceptors (Lipinski definition) is 3. The molecule has 0 aliphatic rings. The average Bonchev–Trinajstić information content (AvgIpc) is 2.55. The first-order valence-electron chi connectivity index (χ1n) is 7.55. The first-order chi connectivity index (χ1) is 11.0. The number of sulfonamides is 1. The summed E-state index contributed by atoms with van der Waals surface area (Å²) in [5.41, 5.74) is 2.10. The zero-order chi connectivity index (χ0) is 16.7. The SMILES string of the molecule is CCNCc1ccc(S(=O)(=O)NCCc2ccc(Cl)cc2)cc1. The molecule has 124 valence electrons. The van der Waals surface area contributed by atoms with Crippen LogP contribution in [0.4, 0.5) is 0 Å². The molecule has 0 aliphatic heterocycles. The molecule has 0 fully saturated rings. The van der Waals surface area contributed by atoms with Crippen molar-refractivity contribution in [3.05, 3.63) is 64.7 Å². The maximum absolute atomic E-state index is 12.3. The summed E-state index contributed by atoms with van der Waals surface area (Å²) < 4.78 is 27.1. The lowest BCUT2D eigenvalue weighted by atomic mass is 10.2. The highest BCUT2D eigenvalue weighted by Crippen LogP contribution is 2.12. The van der Waals surface area contributed by atoms with Crippen molar-refractivity contribution in [1.29, 1.82) is 0 Å². The Morgan fingerprint density at radius 3 is 2.17 bits per heavy atom. The van der Waals surface area contributed by atoms with Crippen molar-refractivity contribution in [2.75, 3.05) is 13.1 Å². The van der Waals surface area contributed by atoms with Crippen LogP contribution in [0.3, 0.4) is 0 Å². The average molecular weight is 353 g/mol. The first-order valence-corrected chi connectivity index (χ1v) is 9.41. The Labute approximate surface area is 142 Å². The van der Waals surface area contributed by atoms with Crippen LogP contribution in [0.2, 0.25) is 5.02 Å². The lowest BCUT2D eigenvalue weighted by molar-refractivity contribution is 0.581. The molecule has 2 aromatic rings. The summed E-state index contributed by atoms with van der Waals surface area (Å²) in [6.07, 6.45) is 0.620. The smallest absolute Gasteiger partial charge is 0.240 e. The summed E-state index contributed by atoms with van der Waals surface area (Å²) in [4.78, 5) is 0.286. The Kier molecular flexibility index (Phi) is 6.59. The van der Waals surface area contributed by atoms with Crippen LogP contribution in [0.1, 0.15) is 18.1 Å². The Balaban J connectivity index is 1.91. The molecule has 2 rings (SSSR count). The van der Waals surface area contributed by atoms with Gasteiger partial charge in [0.1, 0.15) is 0 Å². The standard InChI is InChI=1S/C17H21ClN2O2S/c1-2-19-13-15-5-9-17(10-6-15)23(21,22)20-12-11-14-3-7-16(18)8-4-14/h3-10,19-20H,2,11-13H2,1H3. The van der Waals surface area contributed by atoms with Gasteiger partial charge in [-0.2, -0.15) is 0 Å². The fraction of sp³-hybridized carbons (Fsp3) is 0.294. The van der Waals surface area contributed by atoms with E-state index in [-0.39, 0.29) is 4.90 Å². The monoisotopic (exact) mass is 352 g/mol. The van der Waals surface area contributed by atoms with Gasteiger partial charge >= 0.3 is 0 Å². The van der Waals surface area contributed by atoms with Gasteiger partial charge in [0.15, 0.2) is 0 Å². The van der Waals surface area contributed by atoms with Crippen molar-refractivity contribution in [2.24, 2.45) is 0 Å². The Morgan fingerprint density at radius 1 is 0.957 bits per heavy atom. The summed E-state index contributed by atoms with van der Waals surface area (Å²) >= 11 is 5.83. The third-order valence-corrected chi connectivity index (χ3v) is 5.16. The molecule has 4 nitrogen and oxygen atoms in total. The predicted octanol–water partition coefficient (Wildman–Crippen LogP) is 2.97. The van der Waals surface area contributed by atoms with Crippen molar-refractivity contribution in [2.45, 2.75) is 24.8 Å². The lowest BCUT2D eigenvalue weighted by Crippen LogP contribution is -2.26. The largest absolute Gasteiger partial charge is 0.313 e. The van der Waals surface area contributed by atoms with E-state index in [4.69, 9.17) is 11.6 Å². The van der Waals surface area contributed by atoms with Crippen LogP contribution in [-0.4, -0.2) is 21.5 Å². The number of rotatable bonds is 8. The molecule has 0 saturated heterocycles. The highest BCUT2D eigenvalue weighted by atomic mass is 35.5. The van der Waals surface area contributed by atoms with Crippen LogP contribution < -0.4 is 10.0 Å². The molecule has 0 bridgehead atoms. The lowest BCUT2D eigenvalue weighted by Gasteiger charge is -2.08. The van der Waals surface area contributed by atoms with Crippen LogP contribution in [-0.2, 0) is 23.0 Å². The number of halogens is 1. The van der Waals surface area contributed by atoms with E-state index in [9.17, 15) is 8.42 Å². The van der Waals surface area contributed by atoms with Crippen LogP contribution >= 0.6 is 11.6 Å². The van der Waals surface area contributed by atoms with Gasteiger partial charge in [-0.05, 0) is 48.4 Å². The second kappa shape index (κ2) is 8.45. The fourth-order valence-electron chi connectivity index (χ4n) is 2.12. The van der Waals surface area contributed by atoms with Gasteiger partial charge in [0.05, 0.1) is 4.90 Å². The van der Waals surface area contributed by atoms with Gasteiger partial charge in [-0.1, -0.05) is 42.8 Å². The van der Waals surface area contributed by atoms with E-state index in [1.165, 1.54) is 0 Å². The van der Waals surface area contributed by atoms with Crippen molar-refractivity contribution in [3.8, 4) is 0 Å². The number of hydrogen-bond donors (Lipinski definition) is 2. The highest BCUT2D eigenvalue weighted by molar-refractivity contribution is 7.89. The quantitative estimate of drug-likeness (QED) is 0.768. The molecule has 0 heterocycles. The van der Waals surface area contributed by atoms with E-state index in [0.29, 0.717) is 18.0 Å². The topological polar surface area (TPSA) is 58.2 Å². The van der Waals surface area contributed by atoms with E-state index < -0.39 is 10.0 Å². The maximum atomic E-state index is 12.3. The van der Waals surface area contributed by atoms with E-state index in [1.54, 1.807) is 24.3 Å². The Hall–Kier alpha value is -1.40. The first kappa shape index (κ1) is 17.9. The maximum Gasteiger partial charge on any atom is 0.240 e. The minimum atomic E-state index is -3.47. The minimum absolute atomic E-state index is 0.286. The van der Waals surface area contributed by atoms with Crippen LogP contribution in [0, 0.1) is 0 Å². The number of benzene rings is 2. The van der Waals surface area contributed by atoms with E-state index in [2.05, 4.69) is 10.0 Å². The molecule has 0 atom stereocenters. The van der Waals surface area contributed by atoms with E-state index in [0.717, 1.165) is 24.2 Å². The molecule has 6 heteroatoms. The summed E-state index contributed by atoms with van der Waals surface area (Å²) in [6, 6.07) is 14.3. The summed E-state index contributed by atoms with van der Waals surface area (Å²) in [5, 5.41) is 3.88.